The Morgan fingerprint density at radius 3 is 1.50 bits per heavy atom. The number of hydrogen-bond acceptors (Lipinski definition) is 1. The molecule has 0 heterocycles. The van der Waals surface area contributed by atoms with Crippen molar-refractivity contribution in [1.82, 2.24) is 0 Å². The van der Waals surface area contributed by atoms with E-state index in [0.717, 1.165) is 0 Å². The van der Waals surface area contributed by atoms with Gasteiger partial charge in [-0.2, -0.15) is 0 Å². The van der Waals surface area contributed by atoms with Crippen molar-refractivity contribution in [3.63, 3.8) is 0 Å². The van der Waals surface area contributed by atoms with Gasteiger partial charge in [0.1, 0.15) is 0 Å². The molecule has 0 saturated heterocycles. The smallest absolute Gasteiger partial charge is 1.00 e. The van der Waals surface area contributed by atoms with Crippen molar-refractivity contribution in [3.05, 3.63) is 0 Å². The van der Waals surface area contributed by atoms with Crippen molar-refractivity contribution in [2.45, 2.75) is 0 Å². The summed E-state index contributed by atoms with van der Waals surface area (Å²) >= 11 is 0. The summed E-state index contributed by atoms with van der Waals surface area (Å²) in [4.78, 5) is 21.6. The Balaban J connectivity index is -0.00000000800. The Kier molecular flexibility index (Phi) is 5.84. The van der Waals surface area contributed by atoms with Gasteiger partial charge >= 0.3 is 45.6 Å². The van der Waals surface area contributed by atoms with E-state index in [1.807, 2.05) is 0 Å². The van der Waals surface area contributed by atoms with Gasteiger partial charge in [0, 0.05) is 2.85 Å². The molecule has 40 valence electrons. The largest absolute Gasteiger partial charge is 2.00 e. The maximum Gasteiger partial charge on any atom is 2.00 e. The quantitative estimate of drug-likeness (QED) is 0.313. The fourth-order valence-electron chi connectivity index (χ4n) is 0. The first-order chi connectivity index (χ1) is 2.00. The molecule has 0 aliphatic rings. The summed E-state index contributed by atoms with van der Waals surface area (Å²) in [7, 11) is -4.64. The zero-order chi connectivity index (χ0) is 4.50. The van der Waals surface area contributed by atoms with Gasteiger partial charge < -0.3 is 17.5 Å². The summed E-state index contributed by atoms with van der Waals surface area (Å²) in [6, 6.07) is 0. The van der Waals surface area contributed by atoms with E-state index in [2.05, 4.69) is 0 Å². The standard InChI is InChI=1S/Ca.H3O4P.2H2.2H/c;1-5(2,3)4;;;;/h;(H3,1,2,3,4);2*1H;;/q+2;;;;2*-1. The van der Waals surface area contributed by atoms with Gasteiger partial charge in [0.05, 0.1) is 0 Å². The summed E-state index contributed by atoms with van der Waals surface area (Å²) in [5.41, 5.74) is 0. The third-order valence-corrected chi connectivity index (χ3v) is 0. The van der Waals surface area contributed by atoms with E-state index in [0.29, 0.717) is 0 Å². The predicted octanol–water partition coefficient (Wildman–Crippen LogP) is -0.592. The average Bonchev–Trinajstić information content (AvgIpc) is 0.722. The molecule has 0 amide bonds. The molecular formula is H9CaO4P. The topological polar surface area (TPSA) is 77.8 Å². The van der Waals surface area contributed by atoms with Crippen LogP contribution in [0, 0.1) is 0 Å². The minimum Gasteiger partial charge on any atom is -1.00 e. The van der Waals surface area contributed by atoms with Crippen molar-refractivity contribution >= 4 is 45.6 Å². The van der Waals surface area contributed by atoms with Crippen LogP contribution < -0.4 is 0 Å². The molecule has 0 spiro atoms. The maximum atomic E-state index is 8.88. The molecule has 0 bridgehead atoms. The van der Waals surface area contributed by atoms with Crippen molar-refractivity contribution in [1.29, 1.82) is 0 Å². The second-order valence-corrected chi connectivity index (χ2v) is 1.54. The van der Waals surface area contributed by atoms with Gasteiger partial charge in [0.2, 0.25) is 0 Å². The van der Waals surface area contributed by atoms with Gasteiger partial charge in [0.15, 0.2) is 0 Å². The molecule has 6 heteroatoms. The predicted molar refractivity (Wildman–Crippen MR) is 26.5 cm³/mol. The van der Waals surface area contributed by atoms with Crippen molar-refractivity contribution in [2.75, 3.05) is 0 Å². The molecule has 0 rings (SSSR count). The molecule has 0 fully saturated rings. The second kappa shape index (κ2) is 3.38. The fourth-order valence-corrected chi connectivity index (χ4v) is 0. The van der Waals surface area contributed by atoms with Crippen LogP contribution in [0.15, 0.2) is 0 Å². The number of rotatable bonds is 0. The first-order valence-corrected chi connectivity index (χ1v) is 2.35. The van der Waals surface area contributed by atoms with Crippen LogP contribution in [0.2, 0.25) is 0 Å². The Bertz CT molecular complexity index is 63.4. The molecule has 0 aliphatic heterocycles. The molecular weight excluding hydrogens is 135 g/mol. The molecule has 0 atom stereocenters. The van der Waals surface area contributed by atoms with E-state index in [1.165, 1.54) is 0 Å². The molecule has 3 N–H and O–H groups in total. The van der Waals surface area contributed by atoms with Gasteiger partial charge in [-0.15, -0.1) is 0 Å². The van der Waals surface area contributed by atoms with Crippen molar-refractivity contribution in [2.24, 2.45) is 0 Å². The third-order valence-electron chi connectivity index (χ3n) is 0. The van der Waals surface area contributed by atoms with E-state index in [1.54, 1.807) is 0 Å². The van der Waals surface area contributed by atoms with E-state index in [4.69, 9.17) is 19.2 Å². The number of hydrogen-bond donors (Lipinski definition) is 3. The zero-order valence-electron chi connectivity index (χ0n) is 4.90. The minimum absolute atomic E-state index is 0. The molecule has 0 aromatic rings. The van der Waals surface area contributed by atoms with Crippen LogP contribution in [0.5, 0.6) is 0 Å². The molecule has 4 nitrogen and oxygen atoms in total. The molecule has 0 aromatic carbocycles. The van der Waals surface area contributed by atoms with E-state index in [9.17, 15) is 0 Å². The normalized spacial score (nSPS) is 9.83. The summed E-state index contributed by atoms with van der Waals surface area (Å²) in [5, 5.41) is 0. The summed E-state index contributed by atoms with van der Waals surface area (Å²) in [6.07, 6.45) is 0. The van der Waals surface area contributed by atoms with Crippen LogP contribution in [0.4, 0.5) is 0 Å². The maximum absolute atomic E-state index is 8.88. The molecule has 6 heavy (non-hydrogen) atoms. The van der Waals surface area contributed by atoms with Crippen molar-refractivity contribution in [3.8, 4) is 0 Å². The van der Waals surface area contributed by atoms with Gasteiger partial charge in [-0.25, -0.2) is 4.57 Å². The van der Waals surface area contributed by atoms with Crippen LogP contribution in [-0.2, 0) is 4.57 Å². The Morgan fingerprint density at radius 1 is 1.50 bits per heavy atom. The van der Waals surface area contributed by atoms with Crippen LogP contribution in [0.25, 0.3) is 0 Å². The van der Waals surface area contributed by atoms with Crippen LogP contribution in [-0.4, -0.2) is 52.4 Å². The molecule has 0 aromatic heterocycles. The average molecular weight is 144 g/mol. The third kappa shape index (κ3) is 54.6. The number of phosphoric acid groups is 1. The van der Waals surface area contributed by atoms with Crippen LogP contribution in [0.3, 0.4) is 0 Å². The Hall–Kier alpha value is 1.37. The molecule has 0 unspecified atom stereocenters. The second-order valence-electron chi connectivity index (χ2n) is 0.513. The summed E-state index contributed by atoms with van der Waals surface area (Å²) in [5.74, 6) is 0. The van der Waals surface area contributed by atoms with E-state index in [-0.39, 0.29) is 43.4 Å². The summed E-state index contributed by atoms with van der Waals surface area (Å²) < 4.78 is 8.88. The monoisotopic (exact) mass is 144 g/mol. The van der Waals surface area contributed by atoms with Crippen molar-refractivity contribution < 1.29 is 25.0 Å². The van der Waals surface area contributed by atoms with E-state index >= 15 is 0 Å². The van der Waals surface area contributed by atoms with Crippen LogP contribution in [0.1, 0.15) is 5.71 Å². The summed E-state index contributed by atoms with van der Waals surface area (Å²) in [6.45, 7) is 0. The minimum atomic E-state index is -4.64. The van der Waals surface area contributed by atoms with Gasteiger partial charge in [0.25, 0.3) is 0 Å². The molecule has 0 aliphatic carbocycles. The van der Waals surface area contributed by atoms with Gasteiger partial charge in [-0.3, -0.25) is 0 Å². The SMILES string of the molecule is O=P(O)(O)O.[Ca+2].[H-].[H-].[HH].[HH]. The molecule has 0 saturated carbocycles. The van der Waals surface area contributed by atoms with Gasteiger partial charge in [-0.1, -0.05) is 0 Å². The van der Waals surface area contributed by atoms with Crippen LogP contribution >= 0.6 is 7.82 Å². The Labute approximate surface area is 70.4 Å². The zero-order valence-corrected chi connectivity index (χ0v) is 6.01. The van der Waals surface area contributed by atoms with Gasteiger partial charge in [-0.05, 0) is 0 Å². The first-order valence-electron chi connectivity index (χ1n) is 0.783. The first kappa shape index (κ1) is 10.4. The molecule has 0 radical (unpaired) electrons. The van der Waals surface area contributed by atoms with E-state index < -0.39 is 7.82 Å². The fraction of sp³-hybridized carbons (Fsp3) is 0. The Morgan fingerprint density at radius 2 is 1.50 bits per heavy atom.